The van der Waals surface area contributed by atoms with Gasteiger partial charge in [0.2, 0.25) is 0 Å². The number of aliphatic hydroxyl groups is 1. The fourth-order valence-corrected chi connectivity index (χ4v) is 5.99. The Morgan fingerprint density at radius 2 is 1.83 bits per heavy atom. The van der Waals surface area contributed by atoms with Gasteiger partial charge in [-0.3, -0.25) is 19.3 Å². The molecule has 11 heteroatoms. The number of carbonyl (C=O) groups is 3. The van der Waals surface area contributed by atoms with Gasteiger partial charge < -0.3 is 19.7 Å². The van der Waals surface area contributed by atoms with Crippen molar-refractivity contribution in [3.63, 3.8) is 0 Å². The van der Waals surface area contributed by atoms with Gasteiger partial charge in [0.15, 0.2) is 5.13 Å². The van der Waals surface area contributed by atoms with E-state index >= 15 is 0 Å². The summed E-state index contributed by atoms with van der Waals surface area (Å²) in [5.41, 5.74) is 2.34. The van der Waals surface area contributed by atoms with E-state index < -0.39 is 29.5 Å². The first-order valence-corrected chi connectivity index (χ1v) is 14.0. The Labute approximate surface area is 244 Å². The maximum absolute atomic E-state index is 13.8. The molecule has 42 heavy (non-hydrogen) atoms. The van der Waals surface area contributed by atoms with Crippen molar-refractivity contribution in [3.8, 4) is 11.5 Å². The number of aliphatic hydroxyl groups excluding tert-OH is 1. The van der Waals surface area contributed by atoms with Gasteiger partial charge in [-0.1, -0.05) is 23.5 Å². The molecule has 4 aromatic rings. The third-order valence-corrected chi connectivity index (χ3v) is 7.68. The SMILES string of the molecule is CC(=O)O.CCOc1ccc2nc(N3C(=O)C(=O)/C(=C(/O)c4ccc5c(c4)CC(C)O5)C3c3ccc(F)cc3)sc2c1. The predicted molar refractivity (Wildman–Crippen MR) is 156 cm³/mol. The maximum Gasteiger partial charge on any atom is 0.301 e. The average Bonchev–Trinajstić information content (AvgIpc) is 3.60. The zero-order valence-electron chi connectivity index (χ0n) is 23.0. The minimum atomic E-state index is -0.994. The van der Waals surface area contributed by atoms with Gasteiger partial charge in [0.05, 0.1) is 28.4 Å². The molecule has 1 saturated heterocycles. The number of hydrogen-bond acceptors (Lipinski definition) is 8. The molecule has 9 nitrogen and oxygen atoms in total. The molecule has 0 radical (unpaired) electrons. The fraction of sp³-hybridized carbons (Fsp3) is 0.226. The Kier molecular flexibility index (Phi) is 7.95. The molecular weight excluding hydrogens is 563 g/mol. The monoisotopic (exact) mass is 590 g/mol. The molecule has 0 saturated carbocycles. The van der Waals surface area contributed by atoms with Gasteiger partial charge in [0, 0.05) is 18.9 Å². The number of carboxylic acid groups (broad SMARTS) is 1. The average molecular weight is 591 g/mol. The number of thiazole rings is 1. The first kappa shape index (κ1) is 28.7. The van der Waals surface area contributed by atoms with Crippen molar-refractivity contribution in [2.45, 2.75) is 39.3 Å². The molecule has 2 aliphatic rings. The van der Waals surface area contributed by atoms with E-state index in [0.717, 1.165) is 22.9 Å². The first-order chi connectivity index (χ1) is 20.1. The van der Waals surface area contributed by atoms with Crippen LogP contribution in [0.2, 0.25) is 0 Å². The van der Waals surface area contributed by atoms with E-state index in [1.54, 1.807) is 30.3 Å². The molecule has 2 aliphatic heterocycles. The zero-order valence-corrected chi connectivity index (χ0v) is 23.8. The number of aliphatic carboxylic acids is 1. The summed E-state index contributed by atoms with van der Waals surface area (Å²) < 4.78 is 25.9. The van der Waals surface area contributed by atoms with Gasteiger partial charge in [-0.15, -0.1) is 0 Å². The topological polar surface area (TPSA) is 126 Å². The molecule has 3 heterocycles. The molecule has 216 valence electrons. The summed E-state index contributed by atoms with van der Waals surface area (Å²) in [4.78, 5) is 41.8. The molecule has 2 unspecified atom stereocenters. The second-order valence-corrected chi connectivity index (χ2v) is 10.8. The van der Waals surface area contributed by atoms with Crippen LogP contribution in [-0.4, -0.2) is 45.6 Å². The number of ketones is 1. The summed E-state index contributed by atoms with van der Waals surface area (Å²) in [5.74, 6) is -1.85. The molecular formula is C31H27FN2O7S. The second kappa shape index (κ2) is 11.6. The van der Waals surface area contributed by atoms with Crippen molar-refractivity contribution in [2.24, 2.45) is 0 Å². The molecule has 1 amide bonds. The minimum absolute atomic E-state index is 0.00877. The van der Waals surface area contributed by atoms with E-state index in [0.29, 0.717) is 40.6 Å². The van der Waals surface area contributed by atoms with Crippen molar-refractivity contribution in [2.75, 3.05) is 11.5 Å². The number of rotatable bonds is 5. The lowest BCUT2D eigenvalue weighted by Gasteiger charge is -2.23. The van der Waals surface area contributed by atoms with Gasteiger partial charge in [-0.25, -0.2) is 9.37 Å². The quantitative estimate of drug-likeness (QED) is 0.168. The van der Waals surface area contributed by atoms with Crippen LogP contribution < -0.4 is 14.4 Å². The van der Waals surface area contributed by atoms with E-state index in [9.17, 15) is 19.1 Å². The van der Waals surface area contributed by atoms with Crippen LogP contribution in [-0.2, 0) is 20.8 Å². The van der Waals surface area contributed by atoms with E-state index in [1.807, 2.05) is 19.9 Å². The summed E-state index contributed by atoms with van der Waals surface area (Å²) in [6, 6.07) is 15.1. The zero-order chi connectivity index (χ0) is 30.1. The lowest BCUT2D eigenvalue weighted by molar-refractivity contribution is -0.134. The summed E-state index contributed by atoms with van der Waals surface area (Å²) in [6.07, 6.45) is 0.677. The first-order valence-electron chi connectivity index (χ1n) is 13.2. The molecule has 0 aliphatic carbocycles. The van der Waals surface area contributed by atoms with Crippen LogP contribution in [0.3, 0.4) is 0 Å². The van der Waals surface area contributed by atoms with E-state index in [2.05, 4.69) is 4.98 Å². The molecule has 3 aromatic carbocycles. The Bertz CT molecular complexity index is 1730. The maximum atomic E-state index is 13.8. The highest BCUT2D eigenvalue weighted by molar-refractivity contribution is 7.22. The molecule has 0 spiro atoms. The number of fused-ring (bicyclic) bond motifs is 2. The molecule has 6 rings (SSSR count). The lowest BCUT2D eigenvalue weighted by atomic mass is 9.94. The van der Waals surface area contributed by atoms with Crippen LogP contribution in [0.5, 0.6) is 11.5 Å². The van der Waals surface area contributed by atoms with Gasteiger partial charge in [0.1, 0.15) is 29.2 Å². The van der Waals surface area contributed by atoms with Crippen molar-refractivity contribution in [3.05, 3.63) is 88.7 Å². The van der Waals surface area contributed by atoms with Gasteiger partial charge >= 0.3 is 5.91 Å². The fourth-order valence-electron chi connectivity index (χ4n) is 4.97. The van der Waals surface area contributed by atoms with E-state index in [1.165, 1.54) is 40.5 Å². The molecule has 1 fully saturated rings. The number of aromatic nitrogens is 1. The minimum Gasteiger partial charge on any atom is -0.507 e. The predicted octanol–water partition coefficient (Wildman–Crippen LogP) is 5.87. The number of carboxylic acids is 1. The Hall–Kier alpha value is -4.77. The summed E-state index contributed by atoms with van der Waals surface area (Å²) >= 11 is 1.23. The highest BCUT2D eigenvalue weighted by Gasteiger charge is 2.48. The largest absolute Gasteiger partial charge is 0.507 e. The van der Waals surface area contributed by atoms with Crippen molar-refractivity contribution < 1.29 is 38.5 Å². The number of Topliss-reactive ketones (excluding diaryl/α,β-unsaturated/α-hetero) is 1. The number of hydrogen-bond donors (Lipinski definition) is 2. The summed E-state index contributed by atoms with van der Waals surface area (Å²) in [5, 5.41) is 19.1. The third-order valence-electron chi connectivity index (χ3n) is 6.67. The van der Waals surface area contributed by atoms with E-state index in [4.69, 9.17) is 19.4 Å². The summed E-state index contributed by atoms with van der Waals surface area (Å²) in [6.45, 7) is 5.43. The van der Waals surface area contributed by atoms with Crippen LogP contribution in [0.4, 0.5) is 9.52 Å². The third kappa shape index (κ3) is 5.55. The molecule has 2 N–H and O–H groups in total. The van der Waals surface area contributed by atoms with Gasteiger partial charge in [0.25, 0.3) is 11.8 Å². The Morgan fingerprint density at radius 3 is 2.52 bits per heavy atom. The number of anilines is 1. The van der Waals surface area contributed by atoms with Crippen molar-refractivity contribution in [1.29, 1.82) is 0 Å². The van der Waals surface area contributed by atoms with Crippen LogP contribution in [0, 0.1) is 5.82 Å². The van der Waals surface area contributed by atoms with Gasteiger partial charge in [-0.2, -0.15) is 0 Å². The summed E-state index contributed by atoms with van der Waals surface area (Å²) in [7, 11) is 0. The smallest absolute Gasteiger partial charge is 0.301 e. The molecule has 1 aromatic heterocycles. The highest BCUT2D eigenvalue weighted by atomic mass is 32.1. The highest BCUT2D eigenvalue weighted by Crippen LogP contribution is 2.45. The number of nitrogens with zero attached hydrogens (tertiary/aromatic N) is 2. The number of carbonyl (C=O) groups excluding carboxylic acids is 2. The normalized spacial score (nSPS) is 18.8. The van der Waals surface area contributed by atoms with E-state index in [-0.39, 0.29) is 17.4 Å². The molecule has 2 atom stereocenters. The van der Waals surface area contributed by atoms with Gasteiger partial charge in [-0.05, 0) is 73.5 Å². The number of ether oxygens (including phenoxy) is 2. The van der Waals surface area contributed by atoms with Crippen LogP contribution >= 0.6 is 11.3 Å². The second-order valence-electron chi connectivity index (χ2n) is 9.75. The van der Waals surface area contributed by atoms with Crippen LogP contribution in [0.15, 0.2) is 66.2 Å². The van der Waals surface area contributed by atoms with Crippen molar-refractivity contribution >= 4 is 50.1 Å². The molecule has 0 bridgehead atoms. The Balaban J connectivity index is 0.000000830. The number of benzene rings is 3. The van der Waals surface area contributed by atoms with Crippen LogP contribution in [0.25, 0.3) is 16.0 Å². The standard InChI is InChI=1S/C29H23FN2O5S.C2H4O2/c1-3-36-20-9-10-21-23(14-20)38-29(31-21)32-25(16-4-7-19(30)8-5-16)24(27(34)28(32)35)26(33)17-6-11-22-18(13-17)12-15(2)37-22;1-2(3)4/h4-11,13-15,25,33H,3,12H2,1-2H3;1H3,(H,3,4)/b26-24+;. The lowest BCUT2D eigenvalue weighted by Crippen LogP contribution is -2.29. The number of amides is 1. The van der Waals surface area contributed by atoms with Crippen molar-refractivity contribution in [1.82, 2.24) is 4.98 Å². The number of halogens is 1. The van der Waals surface area contributed by atoms with Crippen LogP contribution in [0.1, 0.15) is 43.5 Å². The Morgan fingerprint density at radius 1 is 1.12 bits per heavy atom.